The fourth-order valence-electron chi connectivity index (χ4n) is 3.32. The topological polar surface area (TPSA) is 55.8 Å². The zero-order valence-electron chi connectivity index (χ0n) is 15.4. The summed E-state index contributed by atoms with van der Waals surface area (Å²) in [4.78, 5) is 26.2. The number of benzene rings is 2. The molecule has 0 spiro atoms. The summed E-state index contributed by atoms with van der Waals surface area (Å²) in [6.45, 7) is 0.129. The van der Waals surface area contributed by atoms with Gasteiger partial charge in [-0.05, 0) is 30.2 Å². The molecule has 2 aromatic carbocycles. The maximum Gasteiger partial charge on any atom is 0.328 e. The highest BCUT2D eigenvalue weighted by Crippen LogP contribution is 2.26. The van der Waals surface area contributed by atoms with E-state index in [0.29, 0.717) is 5.56 Å². The van der Waals surface area contributed by atoms with Gasteiger partial charge in [0.25, 0.3) is 0 Å². The molecule has 0 N–H and O–H groups in total. The fraction of sp³-hybridized carbons (Fsp3) is 0.333. The highest BCUT2D eigenvalue weighted by atomic mass is 19.1. The molecule has 2 aromatic rings. The number of rotatable bonds is 6. The lowest BCUT2D eigenvalue weighted by Gasteiger charge is -2.22. The molecule has 5 nitrogen and oxygen atoms in total. The van der Waals surface area contributed by atoms with E-state index < -0.39 is 23.9 Å². The summed E-state index contributed by atoms with van der Waals surface area (Å²) in [7, 11) is 1.25. The molecule has 1 saturated heterocycles. The second kappa shape index (κ2) is 8.82. The van der Waals surface area contributed by atoms with Crippen molar-refractivity contribution < 1.29 is 27.8 Å². The zero-order chi connectivity index (χ0) is 20.1. The Bertz CT molecular complexity index is 858. The average Bonchev–Trinajstić information content (AvgIpc) is 3.12. The van der Waals surface area contributed by atoms with Crippen molar-refractivity contribution in [1.82, 2.24) is 4.90 Å². The van der Waals surface area contributed by atoms with E-state index in [1.54, 1.807) is 30.3 Å². The number of carbonyl (C=O) groups is 2. The summed E-state index contributed by atoms with van der Waals surface area (Å²) in [5.41, 5.74) is 0.434. The van der Waals surface area contributed by atoms with Gasteiger partial charge in [-0.3, -0.25) is 4.79 Å². The molecule has 3 rings (SSSR count). The van der Waals surface area contributed by atoms with Crippen LogP contribution in [0.2, 0.25) is 0 Å². The maximum absolute atomic E-state index is 13.8. The second-order valence-electron chi connectivity index (χ2n) is 6.58. The van der Waals surface area contributed by atoms with E-state index in [1.165, 1.54) is 30.2 Å². The molecule has 0 unspecified atom stereocenters. The molecule has 1 aliphatic heterocycles. The van der Waals surface area contributed by atoms with E-state index in [0.717, 1.165) is 0 Å². The zero-order valence-corrected chi connectivity index (χ0v) is 15.4. The van der Waals surface area contributed by atoms with Gasteiger partial charge in [0, 0.05) is 12.8 Å². The van der Waals surface area contributed by atoms with Gasteiger partial charge in [0.05, 0.1) is 13.7 Å². The standard InChI is InChI=1S/C21H21F2NO4/c1-27-21(26)18-12-15(28-19-9-5-4-8-17(19)23)13-24(18)20(25)11-10-14-6-2-3-7-16(14)22/h2-9,15,18H,10-13H2,1H3/t15-,18-/m0/s1. The molecular weight excluding hydrogens is 368 g/mol. The van der Waals surface area contributed by atoms with E-state index in [4.69, 9.17) is 9.47 Å². The molecule has 0 saturated carbocycles. The minimum absolute atomic E-state index is 0.0425. The number of amides is 1. The van der Waals surface area contributed by atoms with Crippen molar-refractivity contribution in [1.29, 1.82) is 0 Å². The molecule has 7 heteroatoms. The SMILES string of the molecule is COC(=O)[C@@H]1C[C@H](Oc2ccccc2F)CN1C(=O)CCc1ccccc1F. The van der Waals surface area contributed by atoms with Crippen molar-refractivity contribution >= 4 is 11.9 Å². The molecule has 0 bridgehead atoms. The van der Waals surface area contributed by atoms with E-state index in [1.807, 2.05) is 0 Å². The molecule has 0 radical (unpaired) electrons. The van der Waals surface area contributed by atoms with Crippen LogP contribution < -0.4 is 4.74 Å². The Kier molecular flexibility index (Phi) is 6.23. The summed E-state index contributed by atoms with van der Waals surface area (Å²) in [5.74, 6) is -1.68. The fourth-order valence-corrected chi connectivity index (χ4v) is 3.32. The number of carbonyl (C=O) groups excluding carboxylic acids is 2. The number of methoxy groups -OCH3 is 1. The van der Waals surface area contributed by atoms with Crippen LogP contribution in [-0.2, 0) is 20.7 Å². The Morgan fingerprint density at radius 1 is 1.07 bits per heavy atom. The van der Waals surface area contributed by atoms with E-state index >= 15 is 0 Å². The van der Waals surface area contributed by atoms with Gasteiger partial charge < -0.3 is 14.4 Å². The Hall–Kier alpha value is -2.96. The van der Waals surface area contributed by atoms with Crippen molar-refractivity contribution in [2.45, 2.75) is 31.4 Å². The quantitative estimate of drug-likeness (QED) is 0.713. The van der Waals surface area contributed by atoms with Gasteiger partial charge in [-0.1, -0.05) is 30.3 Å². The van der Waals surface area contributed by atoms with Gasteiger partial charge in [-0.15, -0.1) is 0 Å². The molecule has 0 aromatic heterocycles. The lowest BCUT2D eigenvalue weighted by atomic mass is 10.1. The first-order valence-electron chi connectivity index (χ1n) is 9.01. The Labute approximate surface area is 161 Å². The number of hydrogen-bond acceptors (Lipinski definition) is 4. The number of aryl methyl sites for hydroxylation is 1. The van der Waals surface area contributed by atoms with E-state index in [9.17, 15) is 18.4 Å². The third-order valence-electron chi connectivity index (χ3n) is 4.75. The summed E-state index contributed by atoms with van der Waals surface area (Å²) in [6, 6.07) is 11.4. The molecule has 28 heavy (non-hydrogen) atoms. The Balaban J connectivity index is 1.68. The largest absolute Gasteiger partial charge is 0.485 e. The van der Waals surface area contributed by atoms with Crippen LogP contribution in [0, 0.1) is 11.6 Å². The van der Waals surface area contributed by atoms with E-state index in [2.05, 4.69) is 0 Å². The van der Waals surface area contributed by atoms with Crippen LogP contribution in [0.1, 0.15) is 18.4 Å². The van der Waals surface area contributed by atoms with Crippen molar-refractivity contribution in [2.24, 2.45) is 0 Å². The number of halogens is 2. The first-order valence-corrected chi connectivity index (χ1v) is 9.01. The number of hydrogen-bond donors (Lipinski definition) is 0. The van der Waals surface area contributed by atoms with Crippen LogP contribution in [0.3, 0.4) is 0 Å². The molecule has 1 amide bonds. The van der Waals surface area contributed by atoms with Gasteiger partial charge in [0.1, 0.15) is 18.0 Å². The monoisotopic (exact) mass is 389 g/mol. The number of para-hydroxylation sites is 1. The van der Waals surface area contributed by atoms with Gasteiger partial charge in [0.15, 0.2) is 11.6 Å². The normalized spacial score (nSPS) is 18.8. The van der Waals surface area contributed by atoms with Crippen molar-refractivity contribution in [3.8, 4) is 5.75 Å². The van der Waals surface area contributed by atoms with Crippen LogP contribution in [0.4, 0.5) is 8.78 Å². The predicted octanol–water partition coefficient (Wildman–Crippen LogP) is 3.12. The number of nitrogens with zero attached hydrogens (tertiary/aromatic N) is 1. The maximum atomic E-state index is 13.8. The highest BCUT2D eigenvalue weighted by molar-refractivity contribution is 5.85. The van der Waals surface area contributed by atoms with Crippen LogP contribution in [0.5, 0.6) is 5.75 Å². The van der Waals surface area contributed by atoms with Crippen LogP contribution in [-0.4, -0.2) is 42.6 Å². The first-order chi connectivity index (χ1) is 13.5. The molecule has 1 fully saturated rings. The summed E-state index contributed by atoms with van der Waals surface area (Å²) in [6.07, 6.45) is -0.0828. The lowest BCUT2D eigenvalue weighted by Crippen LogP contribution is -2.41. The number of ether oxygens (including phenoxy) is 2. The number of likely N-dealkylation sites (tertiary alicyclic amines) is 1. The van der Waals surface area contributed by atoms with Crippen LogP contribution in [0.15, 0.2) is 48.5 Å². The minimum Gasteiger partial charge on any atom is -0.485 e. The van der Waals surface area contributed by atoms with E-state index in [-0.39, 0.29) is 43.3 Å². The lowest BCUT2D eigenvalue weighted by molar-refractivity contribution is -0.150. The third-order valence-corrected chi connectivity index (χ3v) is 4.75. The highest BCUT2D eigenvalue weighted by Gasteiger charge is 2.41. The predicted molar refractivity (Wildman–Crippen MR) is 97.7 cm³/mol. The Morgan fingerprint density at radius 3 is 2.43 bits per heavy atom. The summed E-state index contributed by atoms with van der Waals surface area (Å²) < 4.78 is 38.1. The second-order valence-corrected chi connectivity index (χ2v) is 6.58. The summed E-state index contributed by atoms with van der Waals surface area (Å²) >= 11 is 0. The van der Waals surface area contributed by atoms with Crippen LogP contribution in [0.25, 0.3) is 0 Å². The van der Waals surface area contributed by atoms with Crippen molar-refractivity contribution in [2.75, 3.05) is 13.7 Å². The van der Waals surface area contributed by atoms with Gasteiger partial charge >= 0.3 is 5.97 Å². The summed E-state index contributed by atoms with van der Waals surface area (Å²) in [5, 5.41) is 0. The number of esters is 1. The third kappa shape index (κ3) is 4.47. The molecule has 2 atom stereocenters. The van der Waals surface area contributed by atoms with Crippen molar-refractivity contribution in [3.63, 3.8) is 0 Å². The Morgan fingerprint density at radius 2 is 1.75 bits per heavy atom. The smallest absolute Gasteiger partial charge is 0.328 e. The molecule has 1 heterocycles. The molecule has 1 aliphatic rings. The molecule has 0 aliphatic carbocycles. The first kappa shape index (κ1) is 19.8. The minimum atomic E-state index is -0.810. The van der Waals surface area contributed by atoms with Gasteiger partial charge in [-0.2, -0.15) is 0 Å². The van der Waals surface area contributed by atoms with Crippen LogP contribution >= 0.6 is 0 Å². The van der Waals surface area contributed by atoms with Gasteiger partial charge in [-0.25, -0.2) is 13.6 Å². The van der Waals surface area contributed by atoms with Gasteiger partial charge in [0.2, 0.25) is 5.91 Å². The average molecular weight is 389 g/mol. The van der Waals surface area contributed by atoms with Crippen molar-refractivity contribution in [3.05, 3.63) is 65.7 Å². The molecular formula is C21H21F2NO4. The molecule has 148 valence electrons.